The lowest BCUT2D eigenvalue weighted by Crippen LogP contribution is -2.30. The third-order valence-corrected chi connectivity index (χ3v) is 1.98. The molecule has 14 heavy (non-hydrogen) atoms. The second-order valence-electron chi connectivity index (χ2n) is 3.08. The highest BCUT2D eigenvalue weighted by Gasteiger charge is 2.08. The number of rotatable bonds is 1. The number of hydrogen-bond acceptors (Lipinski definition) is 3. The zero-order chi connectivity index (χ0) is 10.1. The van der Waals surface area contributed by atoms with Crippen molar-refractivity contribution in [3.63, 3.8) is 0 Å². The van der Waals surface area contributed by atoms with Gasteiger partial charge in [0.2, 0.25) is 0 Å². The molecule has 1 heterocycles. The molecule has 0 bridgehead atoms. The van der Waals surface area contributed by atoms with Crippen molar-refractivity contribution in [3.05, 3.63) is 29.6 Å². The number of hydrogen-bond donors (Lipinski definition) is 3. The van der Waals surface area contributed by atoms with Crippen LogP contribution in [0.1, 0.15) is 16.2 Å². The molecule has 0 aliphatic rings. The maximum atomic E-state index is 11.1. The SMILES string of the molecule is Cc1ccc2nc(C(=O)NN)[nH]c2c1. The minimum atomic E-state index is -0.418. The number of hydrazine groups is 1. The van der Waals surface area contributed by atoms with Crippen molar-refractivity contribution in [2.45, 2.75) is 6.92 Å². The van der Waals surface area contributed by atoms with E-state index in [2.05, 4.69) is 9.97 Å². The number of carbonyl (C=O) groups is 1. The first kappa shape index (κ1) is 8.71. The fraction of sp³-hybridized carbons (Fsp3) is 0.111. The largest absolute Gasteiger partial charge is 0.334 e. The fourth-order valence-electron chi connectivity index (χ4n) is 1.30. The summed E-state index contributed by atoms with van der Waals surface area (Å²) in [6.07, 6.45) is 0. The molecule has 0 atom stereocenters. The topological polar surface area (TPSA) is 83.8 Å². The molecule has 5 nitrogen and oxygen atoms in total. The van der Waals surface area contributed by atoms with Gasteiger partial charge in [-0.3, -0.25) is 10.2 Å². The molecule has 0 aliphatic carbocycles. The van der Waals surface area contributed by atoms with Crippen LogP contribution in [0.3, 0.4) is 0 Å². The van der Waals surface area contributed by atoms with E-state index in [-0.39, 0.29) is 5.82 Å². The molecule has 0 fully saturated rings. The van der Waals surface area contributed by atoms with Crippen molar-refractivity contribution in [1.29, 1.82) is 0 Å². The molecule has 1 aromatic heterocycles. The van der Waals surface area contributed by atoms with Crippen LogP contribution in [-0.2, 0) is 0 Å². The number of aromatic amines is 1. The van der Waals surface area contributed by atoms with Crippen LogP contribution in [0.4, 0.5) is 0 Å². The van der Waals surface area contributed by atoms with E-state index < -0.39 is 5.91 Å². The van der Waals surface area contributed by atoms with Gasteiger partial charge in [0, 0.05) is 0 Å². The molecular formula is C9H10N4O. The van der Waals surface area contributed by atoms with Gasteiger partial charge < -0.3 is 4.98 Å². The molecule has 0 aliphatic heterocycles. The minimum Gasteiger partial charge on any atom is -0.334 e. The second-order valence-corrected chi connectivity index (χ2v) is 3.08. The Bertz CT molecular complexity index is 489. The van der Waals surface area contributed by atoms with Gasteiger partial charge in [-0.1, -0.05) is 6.07 Å². The van der Waals surface area contributed by atoms with Gasteiger partial charge in [0.15, 0.2) is 5.82 Å². The molecule has 0 radical (unpaired) electrons. The van der Waals surface area contributed by atoms with Gasteiger partial charge in [0.1, 0.15) is 0 Å². The van der Waals surface area contributed by atoms with E-state index in [1.165, 1.54) is 0 Å². The molecule has 72 valence electrons. The van der Waals surface area contributed by atoms with Crippen LogP contribution in [0.15, 0.2) is 18.2 Å². The van der Waals surface area contributed by atoms with Crippen LogP contribution in [0.2, 0.25) is 0 Å². The van der Waals surface area contributed by atoms with E-state index >= 15 is 0 Å². The Labute approximate surface area is 80.3 Å². The predicted molar refractivity (Wildman–Crippen MR) is 52.5 cm³/mol. The molecule has 4 N–H and O–H groups in total. The molecule has 2 rings (SSSR count). The Hall–Kier alpha value is -1.88. The molecular weight excluding hydrogens is 180 g/mol. The monoisotopic (exact) mass is 190 g/mol. The Morgan fingerprint density at radius 2 is 2.36 bits per heavy atom. The standard InChI is InChI=1S/C9H10N4O/c1-5-2-3-6-7(4-5)12-8(11-6)9(14)13-10/h2-4H,10H2,1H3,(H,11,12)(H,13,14). The zero-order valence-electron chi connectivity index (χ0n) is 7.66. The molecule has 1 aromatic carbocycles. The van der Waals surface area contributed by atoms with Gasteiger partial charge in [-0.05, 0) is 24.6 Å². The summed E-state index contributed by atoms with van der Waals surface area (Å²) >= 11 is 0. The molecule has 1 amide bonds. The summed E-state index contributed by atoms with van der Waals surface area (Å²) < 4.78 is 0. The van der Waals surface area contributed by atoms with Gasteiger partial charge in [0.25, 0.3) is 0 Å². The van der Waals surface area contributed by atoms with Crippen LogP contribution in [0.25, 0.3) is 11.0 Å². The summed E-state index contributed by atoms with van der Waals surface area (Å²) in [5.74, 6) is 4.81. The van der Waals surface area contributed by atoms with Gasteiger partial charge in [0.05, 0.1) is 11.0 Å². The van der Waals surface area contributed by atoms with Crippen LogP contribution >= 0.6 is 0 Å². The van der Waals surface area contributed by atoms with E-state index in [4.69, 9.17) is 5.84 Å². The maximum Gasteiger partial charge on any atom is 0.300 e. The number of nitrogens with zero attached hydrogens (tertiary/aromatic N) is 1. The average molecular weight is 190 g/mol. The zero-order valence-corrected chi connectivity index (χ0v) is 7.66. The lowest BCUT2D eigenvalue weighted by molar-refractivity contribution is 0.0944. The molecule has 0 saturated carbocycles. The van der Waals surface area contributed by atoms with Crippen molar-refractivity contribution in [1.82, 2.24) is 15.4 Å². The van der Waals surface area contributed by atoms with E-state index in [1.807, 2.05) is 30.5 Å². The highest BCUT2D eigenvalue weighted by molar-refractivity contribution is 5.93. The number of fused-ring (bicyclic) bond motifs is 1. The van der Waals surface area contributed by atoms with E-state index in [1.54, 1.807) is 0 Å². The second kappa shape index (κ2) is 3.12. The maximum absolute atomic E-state index is 11.1. The lowest BCUT2D eigenvalue weighted by Gasteiger charge is -1.91. The molecule has 0 unspecified atom stereocenters. The fourth-order valence-corrected chi connectivity index (χ4v) is 1.30. The number of benzene rings is 1. The Morgan fingerprint density at radius 3 is 3.07 bits per heavy atom. The number of carbonyl (C=O) groups excluding carboxylic acids is 1. The Kier molecular flexibility index (Phi) is 1.94. The number of aryl methyl sites for hydroxylation is 1. The smallest absolute Gasteiger partial charge is 0.300 e. The van der Waals surface area contributed by atoms with E-state index in [0.29, 0.717) is 0 Å². The number of nitrogens with one attached hydrogen (secondary N) is 2. The predicted octanol–water partition coefficient (Wildman–Crippen LogP) is 0.475. The number of nitrogen functional groups attached to an aromatic ring is 1. The van der Waals surface area contributed by atoms with Crippen LogP contribution in [0, 0.1) is 6.92 Å². The van der Waals surface area contributed by atoms with Crippen LogP contribution < -0.4 is 11.3 Å². The molecule has 0 spiro atoms. The molecule has 2 aromatic rings. The quantitative estimate of drug-likeness (QED) is 0.347. The van der Waals surface area contributed by atoms with Crippen LogP contribution in [0.5, 0.6) is 0 Å². The van der Waals surface area contributed by atoms with Crippen molar-refractivity contribution in [2.24, 2.45) is 5.84 Å². The number of amides is 1. The summed E-state index contributed by atoms with van der Waals surface area (Å²) in [6.45, 7) is 1.98. The Balaban J connectivity index is 2.56. The first-order valence-electron chi connectivity index (χ1n) is 4.18. The highest BCUT2D eigenvalue weighted by atomic mass is 16.2. The minimum absolute atomic E-state index is 0.230. The summed E-state index contributed by atoms with van der Waals surface area (Å²) in [7, 11) is 0. The highest BCUT2D eigenvalue weighted by Crippen LogP contribution is 2.12. The summed E-state index contributed by atoms with van der Waals surface area (Å²) in [5.41, 5.74) is 4.73. The van der Waals surface area contributed by atoms with Gasteiger partial charge in [-0.2, -0.15) is 0 Å². The number of H-pyrrole nitrogens is 1. The van der Waals surface area contributed by atoms with E-state index in [0.717, 1.165) is 16.6 Å². The first-order valence-corrected chi connectivity index (χ1v) is 4.18. The molecule has 0 saturated heterocycles. The first-order chi connectivity index (χ1) is 6.70. The molecule has 5 heteroatoms. The summed E-state index contributed by atoms with van der Waals surface area (Å²) in [6, 6.07) is 5.72. The van der Waals surface area contributed by atoms with Gasteiger partial charge in [-0.25, -0.2) is 10.8 Å². The third kappa shape index (κ3) is 1.33. The van der Waals surface area contributed by atoms with Crippen molar-refractivity contribution in [3.8, 4) is 0 Å². The normalized spacial score (nSPS) is 10.4. The van der Waals surface area contributed by atoms with Crippen LogP contribution in [-0.4, -0.2) is 15.9 Å². The summed E-state index contributed by atoms with van der Waals surface area (Å²) in [5, 5.41) is 0. The number of nitrogens with two attached hydrogens (primary N) is 1. The number of imidazole rings is 1. The van der Waals surface area contributed by atoms with Crippen molar-refractivity contribution < 1.29 is 4.79 Å². The van der Waals surface area contributed by atoms with E-state index in [9.17, 15) is 4.79 Å². The number of aromatic nitrogens is 2. The summed E-state index contributed by atoms with van der Waals surface area (Å²) in [4.78, 5) is 18.1. The van der Waals surface area contributed by atoms with Gasteiger partial charge in [-0.15, -0.1) is 0 Å². The Morgan fingerprint density at radius 1 is 1.57 bits per heavy atom. The third-order valence-electron chi connectivity index (χ3n) is 1.98. The van der Waals surface area contributed by atoms with Crippen molar-refractivity contribution >= 4 is 16.9 Å². The lowest BCUT2D eigenvalue weighted by atomic mass is 10.2. The average Bonchev–Trinajstić information content (AvgIpc) is 2.59. The van der Waals surface area contributed by atoms with Crippen molar-refractivity contribution in [2.75, 3.05) is 0 Å². The van der Waals surface area contributed by atoms with Gasteiger partial charge >= 0.3 is 5.91 Å².